The number of aliphatic hydroxyl groups is 1. The first-order valence-corrected chi connectivity index (χ1v) is 14.7. The quantitative estimate of drug-likeness (QED) is 0.383. The van der Waals surface area contributed by atoms with Gasteiger partial charge < -0.3 is 15.2 Å². The monoisotopic (exact) mass is 503 g/mol. The maximum Gasteiger partial charge on any atom is 0.148 e. The molecule has 0 saturated carbocycles. The largest absolute Gasteiger partial charge is 0.491 e. The van der Waals surface area contributed by atoms with Gasteiger partial charge in [-0.25, -0.2) is 8.42 Å². The topological polar surface area (TPSA) is 75.6 Å². The van der Waals surface area contributed by atoms with Crippen LogP contribution in [-0.4, -0.2) is 44.8 Å². The van der Waals surface area contributed by atoms with Gasteiger partial charge in [0.2, 0.25) is 0 Å². The third-order valence-electron chi connectivity index (χ3n) is 7.19. The van der Waals surface area contributed by atoms with Crippen molar-refractivity contribution in [1.82, 2.24) is 5.32 Å². The molecule has 5 nitrogen and oxygen atoms in total. The molecule has 0 radical (unpaired) electrons. The highest BCUT2D eigenvalue weighted by atomic mass is 32.2. The van der Waals surface area contributed by atoms with Crippen molar-refractivity contribution in [2.45, 2.75) is 79.4 Å². The highest BCUT2D eigenvalue weighted by molar-refractivity contribution is 7.90. The molecule has 196 valence electrons. The number of benzene rings is 2. The van der Waals surface area contributed by atoms with Crippen LogP contribution in [0.1, 0.15) is 75.3 Å². The number of rotatable bonds is 12. The third-order valence-corrected chi connectivity index (χ3v) is 8.14. The number of sulfone groups is 1. The van der Waals surface area contributed by atoms with Crippen molar-refractivity contribution in [3.63, 3.8) is 0 Å². The molecule has 0 aliphatic carbocycles. The molecule has 0 bridgehead atoms. The van der Waals surface area contributed by atoms with Crippen molar-refractivity contribution in [3.8, 4) is 5.75 Å². The van der Waals surface area contributed by atoms with E-state index in [0.29, 0.717) is 13.1 Å². The molecule has 0 aliphatic heterocycles. The van der Waals surface area contributed by atoms with Crippen LogP contribution in [0.2, 0.25) is 0 Å². The molecule has 2 aromatic carbocycles. The zero-order chi connectivity index (χ0) is 26.4. The number of aliphatic hydroxyl groups excluding tert-OH is 1. The summed E-state index contributed by atoms with van der Waals surface area (Å²) in [7, 11) is -2.96. The molecule has 0 aliphatic rings. The van der Waals surface area contributed by atoms with Crippen LogP contribution in [0.25, 0.3) is 0 Å². The van der Waals surface area contributed by atoms with Gasteiger partial charge in [-0.15, -0.1) is 0 Å². The lowest BCUT2D eigenvalue weighted by Gasteiger charge is -2.34. The summed E-state index contributed by atoms with van der Waals surface area (Å²) in [6.07, 6.45) is 2.67. The highest BCUT2D eigenvalue weighted by Crippen LogP contribution is 2.41. The van der Waals surface area contributed by atoms with Crippen LogP contribution in [0.4, 0.5) is 0 Å². The molecule has 0 saturated heterocycles. The number of nitrogens with one attached hydrogen (secondary N) is 1. The summed E-state index contributed by atoms with van der Waals surface area (Å²) in [5, 5.41) is 13.6. The summed E-state index contributed by atoms with van der Waals surface area (Å²) < 4.78 is 28.7. The fourth-order valence-corrected chi connectivity index (χ4v) is 4.95. The molecule has 2 aromatic rings. The molecule has 0 amide bonds. The first-order valence-electron chi connectivity index (χ1n) is 12.6. The lowest BCUT2D eigenvalue weighted by Crippen LogP contribution is -2.32. The Labute approximate surface area is 213 Å². The van der Waals surface area contributed by atoms with Gasteiger partial charge in [-0.1, -0.05) is 65.0 Å². The van der Waals surface area contributed by atoms with Crippen LogP contribution in [-0.2, 0) is 21.8 Å². The van der Waals surface area contributed by atoms with Crippen molar-refractivity contribution >= 4 is 9.84 Å². The van der Waals surface area contributed by atoms with E-state index in [1.807, 2.05) is 26.8 Å². The molecule has 0 unspecified atom stereocenters. The molecule has 35 heavy (non-hydrogen) atoms. The number of ether oxygens (including phenoxy) is 1. The predicted molar refractivity (Wildman–Crippen MR) is 146 cm³/mol. The van der Waals surface area contributed by atoms with Crippen molar-refractivity contribution in [1.29, 1.82) is 0 Å². The van der Waals surface area contributed by atoms with Gasteiger partial charge >= 0.3 is 0 Å². The number of hydrogen-bond acceptors (Lipinski definition) is 5. The Kier molecular flexibility index (Phi) is 9.97. The van der Waals surface area contributed by atoms with Crippen LogP contribution in [0, 0.1) is 19.3 Å². The standard InChI is InChI=1S/C29H45NO4S/c1-9-29(10-2,24-12-11-23(21(3)17-24)19-30-15-16-35(8,32)33)25-13-14-26(22(4)18-25)34-20-27(31)28(5,6)7/h11-14,17-18,27,30-31H,9-10,15-16,19-20H2,1-8H3/t27-/m1/s1. The Bertz CT molecular complexity index is 1080. The lowest BCUT2D eigenvalue weighted by molar-refractivity contribution is 0.0216. The van der Waals surface area contributed by atoms with E-state index in [4.69, 9.17) is 4.74 Å². The minimum Gasteiger partial charge on any atom is -0.491 e. The van der Waals surface area contributed by atoms with Gasteiger partial charge in [0.25, 0.3) is 0 Å². The Morgan fingerprint density at radius 3 is 2.03 bits per heavy atom. The lowest BCUT2D eigenvalue weighted by atomic mass is 9.70. The van der Waals surface area contributed by atoms with Gasteiger partial charge in [0.15, 0.2) is 0 Å². The Morgan fingerprint density at radius 2 is 1.54 bits per heavy atom. The normalized spacial score (nSPS) is 13.6. The first kappa shape index (κ1) is 29.3. The zero-order valence-electron chi connectivity index (χ0n) is 22.9. The second kappa shape index (κ2) is 11.9. The molecule has 2 rings (SSSR count). The maximum absolute atomic E-state index is 11.4. The van der Waals surface area contributed by atoms with Crippen molar-refractivity contribution in [2.24, 2.45) is 5.41 Å². The van der Waals surface area contributed by atoms with Crippen molar-refractivity contribution in [2.75, 3.05) is 25.2 Å². The summed E-state index contributed by atoms with van der Waals surface area (Å²) in [5.74, 6) is 0.956. The molecule has 0 spiro atoms. The summed E-state index contributed by atoms with van der Waals surface area (Å²) >= 11 is 0. The average molecular weight is 504 g/mol. The van der Waals surface area contributed by atoms with E-state index in [-0.39, 0.29) is 23.2 Å². The average Bonchev–Trinajstić information content (AvgIpc) is 2.77. The van der Waals surface area contributed by atoms with E-state index in [1.165, 1.54) is 28.5 Å². The summed E-state index contributed by atoms with van der Waals surface area (Å²) in [4.78, 5) is 0. The molecule has 0 aromatic heterocycles. The maximum atomic E-state index is 11.4. The van der Waals surface area contributed by atoms with E-state index < -0.39 is 15.9 Å². The molecular weight excluding hydrogens is 458 g/mol. The van der Waals surface area contributed by atoms with Gasteiger partial charge in [-0.2, -0.15) is 0 Å². The molecular formula is C29H45NO4S. The summed E-state index contributed by atoms with van der Waals surface area (Å²) in [5.41, 5.74) is 5.67. The van der Waals surface area contributed by atoms with Gasteiger partial charge in [0.1, 0.15) is 22.2 Å². The minimum atomic E-state index is -2.96. The van der Waals surface area contributed by atoms with Crippen molar-refractivity contribution < 1.29 is 18.3 Å². The van der Waals surface area contributed by atoms with E-state index in [0.717, 1.165) is 24.2 Å². The van der Waals surface area contributed by atoms with Crippen LogP contribution in [0.3, 0.4) is 0 Å². The Hall–Kier alpha value is -1.89. The molecule has 1 atom stereocenters. The highest BCUT2D eigenvalue weighted by Gasteiger charge is 2.31. The van der Waals surface area contributed by atoms with Gasteiger partial charge in [-0.05, 0) is 66.0 Å². The van der Waals surface area contributed by atoms with E-state index >= 15 is 0 Å². The van der Waals surface area contributed by atoms with Gasteiger partial charge in [-0.3, -0.25) is 0 Å². The second-order valence-electron chi connectivity index (χ2n) is 10.9. The molecule has 0 heterocycles. The number of aryl methyl sites for hydroxylation is 2. The van der Waals surface area contributed by atoms with Crippen LogP contribution in [0.5, 0.6) is 5.75 Å². The SMILES string of the molecule is CCC(CC)(c1ccc(CNCCS(C)(=O)=O)c(C)c1)c1ccc(OC[C@@H](O)C(C)(C)C)c(C)c1. The smallest absolute Gasteiger partial charge is 0.148 e. The first-order chi connectivity index (χ1) is 16.2. The van der Waals surface area contributed by atoms with E-state index in [1.54, 1.807) is 0 Å². The Balaban J connectivity index is 2.25. The third kappa shape index (κ3) is 7.80. The summed E-state index contributed by atoms with van der Waals surface area (Å²) in [6, 6.07) is 13.1. The fourth-order valence-electron chi connectivity index (χ4n) is 4.43. The van der Waals surface area contributed by atoms with Gasteiger partial charge in [0, 0.05) is 24.8 Å². The van der Waals surface area contributed by atoms with Crippen molar-refractivity contribution in [3.05, 3.63) is 64.2 Å². The number of hydrogen-bond donors (Lipinski definition) is 2. The van der Waals surface area contributed by atoms with Crippen LogP contribution in [0.15, 0.2) is 36.4 Å². The van der Waals surface area contributed by atoms with E-state index in [9.17, 15) is 13.5 Å². The second-order valence-corrected chi connectivity index (χ2v) is 13.2. The molecule has 0 fully saturated rings. The van der Waals surface area contributed by atoms with Crippen LogP contribution >= 0.6 is 0 Å². The molecule has 2 N–H and O–H groups in total. The predicted octanol–water partition coefficient (Wildman–Crippen LogP) is 5.33. The van der Waals surface area contributed by atoms with E-state index in [2.05, 4.69) is 63.3 Å². The molecule has 6 heteroatoms. The fraction of sp³-hybridized carbons (Fsp3) is 0.586. The Morgan fingerprint density at radius 1 is 0.971 bits per heavy atom. The van der Waals surface area contributed by atoms with Crippen LogP contribution < -0.4 is 10.1 Å². The zero-order valence-corrected chi connectivity index (χ0v) is 23.7. The minimum absolute atomic E-state index is 0.110. The summed E-state index contributed by atoms with van der Waals surface area (Å²) in [6.45, 7) is 16.1. The van der Waals surface area contributed by atoms with Gasteiger partial charge in [0.05, 0.1) is 11.9 Å².